The molecule has 17 heavy (non-hydrogen) atoms. The van der Waals surface area contributed by atoms with E-state index in [1.165, 1.54) is 13.1 Å². The van der Waals surface area contributed by atoms with E-state index in [1.54, 1.807) is 0 Å². The predicted molar refractivity (Wildman–Crippen MR) is 63.1 cm³/mol. The minimum absolute atomic E-state index is 0.309. The molecule has 0 spiro atoms. The monoisotopic (exact) mass is 242 g/mol. The Morgan fingerprint density at radius 2 is 2.12 bits per heavy atom. The molecule has 0 aromatic rings. The number of aliphatic carboxylic acids is 1. The molecule has 6 heteroatoms. The van der Waals surface area contributed by atoms with E-state index in [-0.39, 0.29) is 5.91 Å². The summed E-state index contributed by atoms with van der Waals surface area (Å²) in [6.07, 6.45) is 4.40. The Kier molecular flexibility index (Phi) is 8.54. The number of amides is 1. The predicted octanol–water partition coefficient (Wildman–Crippen LogP) is 0.406. The molecule has 0 aromatic carbocycles. The van der Waals surface area contributed by atoms with Gasteiger partial charge in [0.15, 0.2) is 0 Å². The summed E-state index contributed by atoms with van der Waals surface area (Å²) >= 11 is 0. The van der Waals surface area contributed by atoms with E-state index in [4.69, 9.17) is 5.11 Å². The third-order valence-electron chi connectivity index (χ3n) is 2.04. The highest BCUT2D eigenvalue weighted by molar-refractivity contribution is 5.81. The first-order valence-corrected chi connectivity index (χ1v) is 5.49. The van der Waals surface area contributed by atoms with Crippen molar-refractivity contribution in [1.29, 1.82) is 0 Å². The smallest absolute Gasteiger partial charge is 0.326 e. The van der Waals surface area contributed by atoms with Crippen LogP contribution in [0.15, 0.2) is 4.99 Å². The topological polar surface area (TPSA) is 95.8 Å². The molecule has 0 aliphatic rings. The number of carboxylic acids is 1. The van der Waals surface area contributed by atoms with Gasteiger partial charge in [-0.25, -0.2) is 4.79 Å². The average molecular weight is 242 g/mol. The highest BCUT2D eigenvalue weighted by Gasteiger charge is 2.16. The van der Waals surface area contributed by atoms with Gasteiger partial charge < -0.3 is 15.2 Å². The second-order valence-electron chi connectivity index (χ2n) is 3.58. The summed E-state index contributed by atoms with van der Waals surface area (Å²) in [5.41, 5.74) is 0. The number of nitrogens with one attached hydrogen (secondary N) is 1. The Morgan fingerprint density at radius 3 is 2.65 bits per heavy atom. The average Bonchev–Trinajstić information content (AvgIpc) is 2.25. The lowest BCUT2D eigenvalue weighted by atomic mass is 10.1. The van der Waals surface area contributed by atoms with Crippen LogP contribution >= 0.6 is 0 Å². The maximum absolute atomic E-state index is 10.8. The molecule has 0 bridgehead atoms. The van der Waals surface area contributed by atoms with Crippen LogP contribution in [0.1, 0.15) is 32.6 Å². The van der Waals surface area contributed by atoms with Gasteiger partial charge in [0.2, 0.25) is 5.91 Å². The molecule has 6 nitrogen and oxygen atoms in total. The van der Waals surface area contributed by atoms with Gasteiger partial charge in [-0.1, -0.05) is 0 Å². The van der Waals surface area contributed by atoms with Gasteiger partial charge in [-0.05, 0) is 19.3 Å². The van der Waals surface area contributed by atoms with Crippen LogP contribution in [0.25, 0.3) is 0 Å². The molecule has 1 amide bonds. The number of hydrogen-bond donors (Lipinski definition) is 2. The molecule has 0 aromatic heterocycles. The van der Waals surface area contributed by atoms with E-state index in [9.17, 15) is 14.4 Å². The first-order chi connectivity index (χ1) is 8.07. The van der Waals surface area contributed by atoms with Crippen LogP contribution in [0.4, 0.5) is 0 Å². The molecule has 0 saturated heterocycles. The molecule has 0 saturated carbocycles. The Morgan fingerprint density at radius 1 is 1.41 bits per heavy atom. The zero-order chi connectivity index (χ0) is 13.1. The van der Waals surface area contributed by atoms with Gasteiger partial charge in [0, 0.05) is 26.1 Å². The SMILES string of the molecule is CC(=O)NC(CCCCN=CCC=O)C(=O)O. The number of aliphatic imine (C=N–C) groups is 1. The van der Waals surface area contributed by atoms with Gasteiger partial charge in [-0.3, -0.25) is 9.79 Å². The van der Waals surface area contributed by atoms with Crippen molar-refractivity contribution >= 4 is 24.4 Å². The van der Waals surface area contributed by atoms with E-state index in [2.05, 4.69) is 10.3 Å². The fourth-order valence-corrected chi connectivity index (χ4v) is 1.26. The van der Waals surface area contributed by atoms with Gasteiger partial charge >= 0.3 is 5.97 Å². The van der Waals surface area contributed by atoms with Crippen molar-refractivity contribution in [1.82, 2.24) is 5.32 Å². The molecular weight excluding hydrogens is 224 g/mol. The molecule has 0 aliphatic heterocycles. The quantitative estimate of drug-likeness (QED) is 0.347. The Hall–Kier alpha value is -1.72. The van der Waals surface area contributed by atoms with Crippen LogP contribution in [0.2, 0.25) is 0 Å². The van der Waals surface area contributed by atoms with Gasteiger partial charge in [0.05, 0.1) is 0 Å². The zero-order valence-corrected chi connectivity index (χ0v) is 9.89. The maximum Gasteiger partial charge on any atom is 0.326 e. The van der Waals surface area contributed by atoms with Gasteiger partial charge in [0.1, 0.15) is 12.3 Å². The highest BCUT2D eigenvalue weighted by Crippen LogP contribution is 2.01. The Bertz CT molecular complexity index is 289. The van der Waals surface area contributed by atoms with Gasteiger partial charge in [-0.2, -0.15) is 0 Å². The summed E-state index contributed by atoms with van der Waals surface area (Å²) in [7, 11) is 0. The van der Waals surface area contributed by atoms with Crippen molar-refractivity contribution in [2.24, 2.45) is 4.99 Å². The second kappa shape index (κ2) is 9.50. The third-order valence-corrected chi connectivity index (χ3v) is 2.04. The number of carbonyl (C=O) groups is 3. The van der Waals surface area contributed by atoms with Crippen molar-refractivity contribution in [3.63, 3.8) is 0 Å². The van der Waals surface area contributed by atoms with Crippen molar-refractivity contribution in [3.05, 3.63) is 0 Å². The summed E-state index contributed by atoms with van der Waals surface area (Å²) < 4.78 is 0. The largest absolute Gasteiger partial charge is 0.480 e. The van der Waals surface area contributed by atoms with Crippen molar-refractivity contribution in [2.45, 2.75) is 38.6 Å². The van der Waals surface area contributed by atoms with Crippen LogP contribution in [0.3, 0.4) is 0 Å². The molecule has 0 aliphatic carbocycles. The van der Waals surface area contributed by atoms with E-state index < -0.39 is 12.0 Å². The number of carbonyl (C=O) groups excluding carboxylic acids is 2. The van der Waals surface area contributed by atoms with E-state index in [0.29, 0.717) is 25.8 Å². The van der Waals surface area contributed by atoms with E-state index in [0.717, 1.165) is 12.7 Å². The van der Waals surface area contributed by atoms with E-state index >= 15 is 0 Å². The third kappa shape index (κ3) is 9.22. The minimum Gasteiger partial charge on any atom is -0.480 e. The van der Waals surface area contributed by atoms with Crippen LogP contribution in [-0.4, -0.2) is 42.1 Å². The molecule has 1 unspecified atom stereocenters. The number of aldehydes is 1. The van der Waals surface area contributed by atoms with Crippen molar-refractivity contribution in [2.75, 3.05) is 6.54 Å². The molecule has 0 heterocycles. The summed E-state index contributed by atoms with van der Waals surface area (Å²) in [6.45, 7) is 1.86. The lowest BCUT2D eigenvalue weighted by molar-refractivity contribution is -0.141. The first-order valence-electron chi connectivity index (χ1n) is 5.49. The normalized spacial score (nSPS) is 12.3. The Labute approximate surface area is 100 Å². The summed E-state index contributed by atoms with van der Waals surface area (Å²) in [5.74, 6) is -1.37. The molecule has 2 N–H and O–H groups in total. The number of carboxylic acid groups (broad SMARTS) is 1. The van der Waals surface area contributed by atoms with Gasteiger partial charge in [-0.15, -0.1) is 0 Å². The van der Waals surface area contributed by atoms with E-state index in [1.807, 2.05) is 0 Å². The van der Waals surface area contributed by atoms with Crippen molar-refractivity contribution in [3.8, 4) is 0 Å². The van der Waals surface area contributed by atoms with Crippen LogP contribution in [0, 0.1) is 0 Å². The standard InChI is InChI=1S/C11H18N2O4/c1-9(15)13-10(11(16)17)5-2-3-6-12-7-4-8-14/h7-8,10H,2-6H2,1H3,(H,13,15)(H,16,17). The molecule has 0 radical (unpaired) electrons. The maximum atomic E-state index is 10.8. The van der Waals surface area contributed by atoms with Crippen molar-refractivity contribution < 1.29 is 19.5 Å². The summed E-state index contributed by atoms with van der Waals surface area (Å²) in [5, 5.41) is 11.2. The first kappa shape index (κ1) is 15.3. The number of rotatable bonds is 9. The lowest BCUT2D eigenvalue weighted by Gasteiger charge is -2.12. The fraction of sp³-hybridized carbons (Fsp3) is 0.636. The number of nitrogens with zero attached hydrogens (tertiary/aromatic N) is 1. The molecule has 0 fully saturated rings. The molecule has 0 rings (SSSR count). The summed E-state index contributed by atoms with van der Waals surface area (Å²) in [4.78, 5) is 35.4. The Balaban J connectivity index is 3.71. The second-order valence-corrected chi connectivity index (χ2v) is 3.58. The molecular formula is C11H18N2O4. The number of unbranched alkanes of at least 4 members (excludes halogenated alkanes) is 1. The molecule has 1 atom stereocenters. The van der Waals surface area contributed by atoms with Crippen LogP contribution in [0.5, 0.6) is 0 Å². The minimum atomic E-state index is -1.02. The zero-order valence-electron chi connectivity index (χ0n) is 9.89. The van der Waals surface area contributed by atoms with Crippen LogP contribution < -0.4 is 5.32 Å². The number of hydrogen-bond acceptors (Lipinski definition) is 4. The lowest BCUT2D eigenvalue weighted by Crippen LogP contribution is -2.39. The van der Waals surface area contributed by atoms with Gasteiger partial charge in [0.25, 0.3) is 0 Å². The molecule has 96 valence electrons. The highest BCUT2D eigenvalue weighted by atomic mass is 16.4. The van der Waals surface area contributed by atoms with Crippen LogP contribution in [-0.2, 0) is 14.4 Å². The fourth-order valence-electron chi connectivity index (χ4n) is 1.26. The summed E-state index contributed by atoms with van der Waals surface area (Å²) in [6, 6.07) is -0.827.